The van der Waals surface area contributed by atoms with Crippen molar-refractivity contribution >= 4 is 16.8 Å². The van der Waals surface area contributed by atoms with Gasteiger partial charge in [-0.2, -0.15) is 13.2 Å². The number of aromatic nitrogens is 1. The number of nitrogens with zero attached hydrogens (tertiary/aromatic N) is 1. The van der Waals surface area contributed by atoms with Crippen molar-refractivity contribution in [2.45, 2.75) is 31.5 Å². The molecule has 1 heterocycles. The lowest BCUT2D eigenvalue weighted by Gasteiger charge is -2.32. The average Bonchev–Trinajstić information content (AvgIpc) is 2.63. The van der Waals surface area contributed by atoms with E-state index in [1.807, 2.05) is 0 Å². The fourth-order valence-corrected chi connectivity index (χ4v) is 3.25. The molecular weight excluding hydrogens is 391 g/mol. The van der Waals surface area contributed by atoms with Crippen molar-refractivity contribution < 1.29 is 26.7 Å². The number of alkyl halides is 3. The summed E-state index contributed by atoms with van der Waals surface area (Å²) >= 11 is 0. The number of benzene rings is 2. The van der Waals surface area contributed by atoms with Crippen molar-refractivity contribution in [3.05, 3.63) is 77.5 Å². The highest BCUT2D eigenvalue weighted by Gasteiger charge is 2.40. The van der Waals surface area contributed by atoms with Crippen LogP contribution in [0.25, 0.3) is 10.9 Å². The molecular formula is C21H17F5N2O. The highest BCUT2D eigenvalue weighted by atomic mass is 19.4. The third-order valence-electron chi connectivity index (χ3n) is 4.45. The fraction of sp³-hybridized carbons (Fsp3) is 0.238. The molecule has 1 aromatic heterocycles. The SMILES string of the molecule is CC(Cc1ccccc1)(CC(F)(F)F)NC(=O)c1cnc2c(F)c(F)ccc2c1. The van der Waals surface area contributed by atoms with Gasteiger partial charge in [0.2, 0.25) is 0 Å². The third kappa shape index (κ3) is 5.07. The number of hydrogen-bond donors (Lipinski definition) is 1. The molecule has 1 unspecified atom stereocenters. The summed E-state index contributed by atoms with van der Waals surface area (Å²) in [5, 5.41) is 2.60. The molecule has 1 atom stereocenters. The maximum absolute atomic E-state index is 13.8. The Kier molecular flexibility index (Phi) is 5.55. The molecule has 2 aromatic carbocycles. The molecule has 0 saturated carbocycles. The molecule has 0 aliphatic rings. The summed E-state index contributed by atoms with van der Waals surface area (Å²) in [4.78, 5) is 16.4. The van der Waals surface area contributed by atoms with Gasteiger partial charge in [0.15, 0.2) is 11.6 Å². The summed E-state index contributed by atoms with van der Waals surface area (Å²) in [6.45, 7) is 1.31. The van der Waals surface area contributed by atoms with Crippen LogP contribution in [0.15, 0.2) is 54.7 Å². The van der Waals surface area contributed by atoms with Crippen LogP contribution < -0.4 is 5.32 Å². The summed E-state index contributed by atoms with van der Waals surface area (Å²) in [5.41, 5.74) is -1.29. The second kappa shape index (κ2) is 7.77. The molecule has 29 heavy (non-hydrogen) atoms. The first kappa shape index (κ1) is 20.7. The van der Waals surface area contributed by atoms with E-state index in [4.69, 9.17) is 0 Å². The van der Waals surface area contributed by atoms with Gasteiger partial charge in [-0.1, -0.05) is 30.3 Å². The number of pyridine rings is 1. The minimum absolute atomic E-state index is 0.0417. The van der Waals surface area contributed by atoms with E-state index in [0.717, 1.165) is 12.3 Å². The lowest BCUT2D eigenvalue weighted by molar-refractivity contribution is -0.147. The minimum Gasteiger partial charge on any atom is -0.346 e. The van der Waals surface area contributed by atoms with Crippen molar-refractivity contribution in [3.63, 3.8) is 0 Å². The lowest BCUT2D eigenvalue weighted by atomic mass is 9.88. The van der Waals surface area contributed by atoms with Crippen LogP contribution in [-0.4, -0.2) is 22.6 Å². The van der Waals surface area contributed by atoms with Gasteiger partial charge in [-0.15, -0.1) is 0 Å². The summed E-state index contributed by atoms with van der Waals surface area (Å²) in [6, 6.07) is 11.9. The van der Waals surface area contributed by atoms with Crippen LogP contribution >= 0.6 is 0 Å². The van der Waals surface area contributed by atoms with Gasteiger partial charge in [0.25, 0.3) is 5.91 Å². The van der Waals surface area contributed by atoms with Gasteiger partial charge in [-0.3, -0.25) is 9.78 Å². The van der Waals surface area contributed by atoms with Gasteiger partial charge in [0.1, 0.15) is 5.52 Å². The fourth-order valence-electron chi connectivity index (χ4n) is 3.25. The van der Waals surface area contributed by atoms with Gasteiger partial charge >= 0.3 is 6.18 Å². The predicted molar refractivity (Wildman–Crippen MR) is 98.3 cm³/mol. The van der Waals surface area contributed by atoms with Crippen LogP contribution in [0.4, 0.5) is 22.0 Å². The van der Waals surface area contributed by atoms with Crippen LogP contribution in [0.2, 0.25) is 0 Å². The van der Waals surface area contributed by atoms with E-state index < -0.39 is 35.7 Å². The molecule has 3 aromatic rings. The first-order valence-electron chi connectivity index (χ1n) is 8.73. The Morgan fingerprint density at radius 1 is 1.07 bits per heavy atom. The van der Waals surface area contributed by atoms with E-state index >= 15 is 0 Å². The number of amides is 1. The van der Waals surface area contributed by atoms with Gasteiger partial charge in [-0.25, -0.2) is 8.78 Å². The molecule has 0 saturated heterocycles. The first-order valence-corrected chi connectivity index (χ1v) is 8.73. The molecule has 0 aliphatic carbocycles. The minimum atomic E-state index is -4.50. The Balaban J connectivity index is 1.89. The van der Waals surface area contributed by atoms with E-state index in [2.05, 4.69) is 10.3 Å². The van der Waals surface area contributed by atoms with Gasteiger partial charge in [-0.05, 0) is 37.1 Å². The summed E-state index contributed by atoms with van der Waals surface area (Å²) in [7, 11) is 0. The quantitative estimate of drug-likeness (QED) is 0.590. The molecule has 0 fully saturated rings. The number of carbonyl (C=O) groups excluding carboxylic acids is 1. The molecule has 0 spiro atoms. The largest absolute Gasteiger partial charge is 0.391 e. The molecule has 152 valence electrons. The zero-order valence-electron chi connectivity index (χ0n) is 15.4. The number of nitrogens with one attached hydrogen (secondary N) is 1. The molecule has 3 nitrogen and oxygen atoms in total. The monoisotopic (exact) mass is 408 g/mol. The van der Waals surface area contributed by atoms with Crippen molar-refractivity contribution in [1.29, 1.82) is 0 Å². The first-order chi connectivity index (χ1) is 13.6. The van der Waals surface area contributed by atoms with E-state index in [0.29, 0.717) is 5.56 Å². The van der Waals surface area contributed by atoms with Crippen LogP contribution in [0, 0.1) is 11.6 Å². The number of hydrogen-bond acceptors (Lipinski definition) is 2. The summed E-state index contributed by atoms with van der Waals surface area (Å²) in [6.07, 6.45) is -4.77. The Labute approximate surface area is 163 Å². The molecule has 0 aliphatic heterocycles. The van der Waals surface area contributed by atoms with E-state index in [-0.39, 0.29) is 22.9 Å². The molecule has 1 amide bonds. The predicted octanol–water partition coefficient (Wildman–Crippen LogP) is 5.20. The summed E-state index contributed by atoms with van der Waals surface area (Å²) < 4.78 is 66.5. The Hall–Kier alpha value is -3.03. The summed E-state index contributed by atoms with van der Waals surface area (Å²) in [5.74, 6) is -3.02. The second-order valence-corrected chi connectivity index (χ2v) is 7.13. The van der Waals surface area contributed by atoms with Crippen LogP contribution in [0.3, 0.4) is 0 Å². The van der Waals surface area contributed by atoms with Crippen LogP contribution in [0.1, 0.15) is 29.3 Å². The van der Waals surface area contributed by atoms with Crippen molar-refractivity contribution in [1.82, 2.24) is 10.3 Å². The molecule has 1 N–H and O–H groups in total. The molecule has 3 rings (SSSR count). The van der Waals surface area contributed by atoms with Crippen molar-refractivity contribution in [2.75, 3.05) is 0 Å². The highest BCUT2D eigenvalue weighted by molar-refractivity contribution is 5.97. The normalized spacial score (nSPS) is 13.9. The standard InChI is InChI=1S/C21H17F5N2O/c1-20(12-21(24,25)26,10-13-5-3-2-4-6-13)28-19(29)15-9-14-7-8-16(22)17(23)18(14)27-11-15/h2-9,11H,10,12H2,1H3,(H,28,29). The topological polar surface area (TPSA) is 42.0 Å². The average molecular weight is 408 g/mol. The Morgan fingerprint density at radius 3 is 2.41 bits per heavy atom. The third-order valence-corrected chi connectivity index (χ3v) is 4.45. The zero-order valence-corrected chi connectivity index (χ0v) is 15.4. The van der Waals surface area contributed by atoms with E-state index in [1.165, 1.54) is 19.1 Å². The van der Waals surface area contributed by atoms with Gasteiger partial charge in [0, 0.05) is 11.6 Å². The maximum Gasteiger partial charge on any atom is 0.391 e. The zero-order chi connectivity index (χ0) is 21.2. The Morgan fingerprint density at radius 2 is 1.76 bits per heavy atom. The number of halogens is 5. The van der Waals surface area contributed by atoms with Gasteiger partial charge < -0.3 is 5.32 Å². The second-order valence-electron chi connectivity index (χ2n) is 7.13. The van der Waals surface area contributed by atoms with E-state index in [1.54, 1.807) is 30.3 Å². The van der Waals surface area contributed by atoms with Crippen molar-refractivity contribution in [2.24, 2.45) is 0 Å². The molecule has 0 radical (unpaired) electrons. The Bertz CT molecular complexity index is 1040. The molecule has 0 bridgehead atoms. The highest BCUT2D eigenvalue weighted by Crippen LogP contribution is 2.30. The smallest absolute Gasteiger partial charge is 0.346 e. The maximum atomic E-state index is 13.8. The number of carbonyl (C=O) groups is 1. The lowest BCUT2D eigenvalue weighted by Crippen LogP contribution is -2.50. The van der Waals surface area contributed by atoms with Crippen LogP contribution in [0.5, 0.6) is 0 Å². The van der Waals surface area contributed by atoms with Crippen LogP contribution in [-0.2, 0) is 6.42 Å². The van der Waals surface area contributed by atoms with Crippen molar-refractivity contribution in [3.8, 4) is 0 Å². The molecule has 8 heteroatoms. The van der Waals surface area contributed by atoms with Gasteiger partial charge in [0.05, 0.1) is 17.5 Å². The number of fused-ring (bicyclic) bond motifs is 1. The number of rotatable bonds is 5. The van der Waals surface area contributed by atoms with E-state index in [9.17, 15) is 26.7 Å².